The molecule has 3 aromatic rings. The highest BCUT2D eigenvalue weighted by atomic mass is 32.1. The number of aryl methyl sites for hydroxylation is 2. The van der Waals surface area contributed by atoms with Gasteiger partial charge in [-0.25, -0.2) is 4.79 Å². The maximum absolute atomic E-state index is 12.9. The van der Waals surface area contributed by atoms with Gasteiger partial charge in [0.2, 0.25) is 0 Å². The van der Waals surface area contributed by atoms with E-state index < -0.39 is 18.5 Å². The number of nitrogens with one attached hydrogen (secondary N) is 1. The molecule has 0 spiro atoms. The number of benzene rings is 2. The van der Waals surface area contributed by atoms with Crippen LogP contribution in [0.3, 0.4) is 0 Å². The quantitative estimate of drug-likeness (QED) is 0.489. The third-order valence-corrected chi connectivity index (χ3v) is 5.45. The van der Waals surface area contributed by atoms with Crippen LogP contribution in [0.15, 0.2) is 59.3 Å². The fraction of sp³-hybridized carbons (Fsp3) is 0.200. The number of para-hydroxylation sites is 1. The summed E-state index contributed by atoms with van der Waals surface area (Å²) in [5.41, 5.74) is 3.52. The minimum Gasteiger partial charge on any atom is -0.452 e. The first-order valence-electron chi connectivity index (χ1n) is 10.2. The summed E-state index contributed by atoms with van der Waals surface area (Å²) in [7, 11) is 0. The average Bonchev–Trinajstić information content (AvgIpc) is 3.33. The lowest BCUT2D eigenvalue weighted by atomic mass is 10.1. The zero-order valence-electron chi connectivity index (χ0n) is 18.3. The number of nitriles is 1. The third-order valence-electron chi connectivity index (χ3n) is 4.77. The molecule has 1 aromatic heterocycles. The second-order valence-corrected chi connectivity index (χ2v) is 8.17. The van der Waals surface area contributed by atoms with Gasteiger partial charge in [0.05, 0.1) is 29.3 Å². The van der Waals surface area contributed by atoms with E-state index in [1.54, 1.807) is 35.0 Å². The molecule has 1 N–H and O–H groups in total. The highest BCUT2D eigenvalue weighted by Gasteiger charge is 2.20. The summed E-state index contributed by atoms with van der Waals surface area (Å²) < 4.78 is 5.28. The van der Waals surface area contributed by atoms with Crippen molar-refractivity contribution in [3.8, 4) is 6.07 Å². The molecule has 0 aliphatic heterocycles. The number of thiophene rings is 1. The summed E-state index contributed by atoms with van der Waals surface area (Å²) in [5, 5.41) is 15.2. The predicted molar refractivity (Wildman–Crippen MR) is 127 cm³/mol. The normalized spacial score (nSPS) is 10.2. The lowest BCUT2D eigenvalue weighted by Gasteiger charge is -2.23. The molecule has 0 saturated carbocycles. The molecule has 0 unspecified atom stereocenters. The molecular formula is C25H23N3O4S. The number of rotatable bonds is 8. The Morgan fingerprint density at radius 2 is 1.82 bits per heavy atom. The van der Waals surface area contributed by atoms with Gasteiger partial charge in [-0.05, 0) is 60.7 Å². The lowest BCUT2D eigenvalue weighted by Crippen LogP contribution is -2.35. The van der Waals surface area contributed by atoms with Crippen molar-refractivity contribution in [1.82, 2.24) is 0 Å². The van der Waals surface area contributed by atoms with Crippen molar-refractivity contribution in [3.05, 3.63) is 81.5 Å². The van der Waals surface area contributed by atoms with E-state index in [0.29, 0.717) is 16.9 Å². The zero-order valence-corrected chi connectivity index (χ0v) is 19.1. The highest BCUT2D eigenvalue weighted by Crippen LogP contribution is 2.21. The Morgan fingerprint density at radius 1 is 1.09 bits per heavy atom. The number of esters is 1. The molecule has 33 heavy (non-hydrogen) atoms. The Kier molecular flexibility index (Phi) is 7.95. The fourth-order valence-electron chi connectivity index (χ4n) is 3.31. The van der Waals surface area contributed by atoms with E-state index in [0.717, 1.165) is 11.1 Å². The largest absolute Gasteiger partial charge is 0.452 e. The molecule has 0 radical (unpaired) electrons. The summed E-state index contributed by atoms with van der Waals surface area (Å²) in [4.78, 5) is 39.4. The molecule has 7 nitrogen and oxygen atoms in total. The summed E-state index contributed by atoms with van der Waals surface area (Å²) in [6.07, 6.45) is 0.143. The molecule has 0 saturated heterocycles. The van der Waals surface area contributed by atoms with Gasteiger partial charge in [-0.1, -0.05) is 18.2 Å². The molecule has 0 atom stereocenters. The van der Waals surface area contributed by atoms with Gasteiger partial charge in [-0.3, -0.25) is 9.59 Å². The average molecular weight is 462 g/mol. The topological polar surface area (TPSA) is 99.5 Å². The van der Waals surface area contributed by atoms with Crippen molar-refractivity contribution < 1.29 is 19.1 Å². The Morgan fingerprint density at radius 3 is 2.48 bits per heavy atom. The van der Waals surface area contributed by atoms with Gasteiger partial charge in [0.1, 0.15) is 0 Å². The van der Waals surface area contributed by atoms with Crippen LogP contribution in [0.25, 0.3) is 0 Å². The predicted octanol–water partition coefficient (Wildman–Crippen LogP) is 4.72. The number of carbonyl (C=O) groups is 3. The highest BCUT2D eigenvalue weighted by molar-refractivity contribution is 7.08. The molecule has 8 heteroatoms. The first-order valence-corrected chi connectivity index (χ1v) is 11.2. The Hall–Kier alpha value is -3.96. The SMILES string of the molecule is Cc1cc(C)cc(N(CCC#N)C(=O)COC(=O)c2ccccc2NC(=O)c2ccsc2)c1. The van der Waals surface area contributed by atoms with E-state index in [-0.39, 0.29) is 24.4 Å². The summed E-state index contributed by atoms with van der Waals surface area (Å²) in [6, 6.07) is 15.9. The van der Waals surface area contributed by atoms with E-state index in [4.69, 9.17) is 10.00 Å². The van der Waals surface area contributed by atoms with Gasteiger partial charge in [-0.2, -0.15) is 16.6 Å². The van der Waals surface area contributed by atoms with Gasteiger partial charge in [0.15, 0.2) is 6.61 Å². The standard InChI is InChI=1S/C25H23N3O4S/c1-17-12-18(2)14-20(13-17)28(10-5-9-26)23(29)15-32-25(31)21-6-3-4-7-22(21)27-24(30)19-8-11-33-16-19/h3-4,6-8,11-14,16H,5,10,15H2,1-2H3,(H,27,30). The Labute approximate surface area is 196 Å². The van der Waals surface area contributed by atoms with Crippen LogP contribution >= 0.6 is 11.3 Å². The molecule has 168 valence electrons. The van der Waals surface area contributed by atoms with Crippen molar-refractivity contribution >= 4 is 40.5 Å². The molecule has 0 aliphatic rings. The molecule has 0 bridgehead atoms. The third kappa shape index (κ3) is 6.28. The maximum Gasteiger partial charge on any atom is 0.340 e. The first-order chi connectivity index (χ1) is 15.9. The van der Waals surface area contributed by atoms with Crippen LogP contribution in [0.5, 0.6) is 0 Å². The molecule has 2 aromatic carbocycles. The number of ether oxygens (including phenoxy) is 1. The first kappa shape index (κ1) is 23.7. The Balaban J connectivity index is 1.72. The zero-order chi connectivity index (χ0) is 23.8. The van der Waals surface area contributed by atoms with E-state index in [1.807, 2.05) is 38.1 Å². The van der Waals surface area contributed by atoms with Gasteiger partial charge in [0, 0.05) is 17.6 Å². The van der Waals surface area contributed by atoms with Crippen LogP contribution < -0.4 is 10.2 Å². The number of nitrogens with zero attached hydrogens (tertiary/aromatic N) is 2. The minimum atomic E-state index is -0.731. The van der Waals surface area contributed by atoms with Crippen LogP contribution in [-0.2, 0) is 9.53 Å². The molecular weight excluding hydrogens is 438 g/mol. The summed E-state index contributed by atoms with van der Waals surface area (Å²) >= 11 is 1.39. The van der Waals surface area contributed by atoms with Crippen molar-refractivity contribution in [3.63, 3.8) is 0 Å². The van der Waals surface area contributed by atoms with Crippen molar-refractivity contribution in [2.75, 3.05) is 23.4 Å². The van der Waals surface area contributed by atoms with Gasteiger partial charge >= 0.3 is 5.97 Å². The van der Waals surface area contributed by atoms with Crippen LogP contribution in [0, 0.1) is 25.2 Å². The molecule has 3 rings (SSSR count). The van der Waals surface area contributed by atoms with Crippen LogP contribution in [0.1, 0.15) is 38.3 Å². The maximum atomic E-state index is 12.9. The van der Waals surface area contributed by atoms with Gasteiger partial charge < -0.3 is 15.0 Å². The van der Waals surface area contributed by atoms with E-state index in [2.05, 4.69) is 5.32 Å². The molecule has 1 heterocycles. The lowest BCUT2D eigenvalue weighted by molar-refractivity contribution is -0.121. The molecule has 2 amide bonds. The monoisotopic (exact) mass is 461 g/mol. The number of amides is 2. The number of carbonyl (C=O) groups excluding carboxylic acids is 3. The summed E-state index contributed by atoms with van der Waals surface area (Å²) in [5.74, 6) is -1.52. The van der Waals surface area contributed by atoms with Gasteiger partial charge in [-0.15, -0.1) is 0 Å². The van der Waals surface area contributed by atoms with Gasteiger partial charge in [0.25, 0.3) is 11.8 Å². The number of hydrogen-bond acceptors (Lipinski definition) is 6. The van der Waals surface area contributed by atoms with Crippen LogP contribution in [0.2, 0.25) is 0 Å². The van der Waals surface area contributed by atoms with Crippen LogP contribution in [-0.4, -0.2) is 30.9 Å². The smallest absolute Gasteiger partial charge is 0.340 e. The fourth-order valence-corrected chi connectivity index (χ4v) is 3.94. The van der Waals surface area contributed by atoms with E-state index >= 15 is 0 Å². The van der Waals surface area contributed by atoms with E-state index in [9.17, 15) is 14.4 Å². The second-order valence-electron chi connectivity index (χ2n) is 7.39. The van der Waals surface area contributed by atoms with Crippen LogP contribution in [0.4, 0.5) is 11.4 Å². The van der Waals surface area contributed by atoms with E-state index in [1.165, 1.54) is 22.3 Å². The molecule has 0 aliphatic carbocycles. The number of anilines is 2. The van der Waals surface area contributed by atoms with Crippen molar-refractivity contribution in [1.29, 1.82) is 5.26 Å². The summed E-state index contributed by atoms with van der Waals surface area (Å²) in [6.45, 7) is 3.53. The second kappa shape index (κ2) is 11.1. The molecule has 0 fully saturated rings. The number of hydrogen-bond donors (Lipinski definition) is 1. The Bertz CT molecular complexity index is 1180. The van der Waals surface area contributed by atoms with Crippen molar-refractivity contribution in [2.45, 2.75) is 20.3 Å². The van der Waals surface area contributed by atoms with Crippen molar-refractivity contribution in [2.24, 2.45) is 0 Å². The minimum absolute atomic E-state index is 0.142.